The predicted molar refractivity (Wildman–Crippen MR) is 154 cm³/mol. The summed E-state index contributed by atoms with van der Waals surface area (Å²) in [7, 11) is -3.32. The Kier molecular flexibility index (Phi) is 9.62. The molecule has 206 valence electrons. The molecule has 1 aliphatic rings. The summed E-state index contributed by atoms with van der Waals surface area (Å²) in [5.41, 5.74) is 2.85. The number of piperidine rings is 1. The maximum absolute atomic E-state index is 11.9. The zero-order valence-electron chi connectivity index (χ0n) is 22.1. The van der Waals surface area contributed by atoms with Crippen LogP contribution in [0.2, 0.25) is 0 Å². The second-order valence-electron chi connectivity index (χ2n) is 9.75. The number of likely N-dealkylation sites (tertiary alicyclic amines) is 1. The van der Waals surface area contributed by atoms with Gasteiger partial charge in [0, 0.05) is 37.9 Å². The lowest BCUT2D eigenvalue weighted by molar-refractivity contribution is 0.0950. The highest BCUT2D eigenvalue weighted by molar-refractivity contribution is 7.92. The topological polar surface area (TPSA) is 99.2 Å². The molecule has 0 bridgehead atoms. The van der Waals surface area contributed by atoms with Gasteiger partial charge in [-0.05, 0) is 66.8 Å². The van der Waals surface area contributed by atoms with Gasteiger partial charge in [0.25, 0.3) is 0 Å². The normalized spacial score (nSPS) is 14.8. The second-order valence-corrected chi connectivity index (χ2v) is 11.5. The van der Waals surface area contributed by atoms with Gasteiger partial charge in [-0.3, -0.25) is 9.62 Å². The fraction of sp³-hybridized carbons (Fsp3) is 0.300. The number of carboxylic acid groups (broad SMARTS) is 1. The molecule has 0 radical (unpaired) electrons. The van der Waals surface area contributed by atoms with Crippen LogP contribution in [-0.2, 0) is 23.0 Å². The molecule has 1 saturated heterocycles. The van der Waals surface area contributed by atoms with Crippen molar-refractivity contribution in [2.45, 2.75) is 31.8 Å². The summed E-state index contributed by atoms with van der Waals surface area (Å²) in [6, 6.07) is 24.8. The molecule has 1 fully saturated rings. The molecule has 39 heavy (non-hydrogen) atoms. The zero-order chi connectivity index (χ0) is 27.7. The smallest absolute Gasteiger partial charge is 0.407 e. The van der Waals surface area contributed by atoms with Crippen LogP contribution in [0.4, 0.5) is 10.5 Å². The highest BCUT2D eigenvalue weighted by Gasteiger charge is 2.27. The Hall–Kier alpha value is -3.82. The summed E-state index contributed by atoms with van der Waals surface area (Å²) < 4.78 is 31.0. The maximum Gasteiger partial charge on any atom is 0.407 e. The summed E-state index contributed by atoms with van der Waals surface area (Å²) in [5.74, 6) is 1.31. The SMILES string of the molecule is CS(=O)(=O)Nc1ccc(Oc2ccc(CN3CCC(N(CC=CCc4ccccc4)C(=O)O)CC3)cc2)cc1. The standard InChI is InChI=1S/C30H35N3O5S/c1-39(36,37)31-26-12-16-29(17-13-26)38-28-14-10-25(11-15-28)23-32-21-18-27(19-22-32)33(30(34)35)20-6-5-9-24-7-3-2-4-8-24/h2-8,10-17,27,31H,9,18-23H2,1H3,(H,34,35). The van der Waals surface area contributed by atoms with Crippen molar-refractivity contribution in [3.63, 3.8) is 0 Å². The van der Waals surface area contributed by atoms with Crippen LogP contribution in [0.3, 0.4) is 0 Å². The van der Waals surface area contributed by atoms with Gasteiger partial charge in [0.2, 0.25) is 10.0 Å². The van der Waals surface area contributed by atoms with Crippen LogP contribution in [-0.4, -0.2) is 61.3 Å². The lowest BCUT2D eigenvalue weighted by atomic mass is 10.0. The van der Waals surface area contributed by atoms with Crippen molar-refractivity contribution in [1.82, 2.24) is 9.80 Å². The van der Waals surface area contributed by atoms with E-state index in [1.807, 2.05) is 54.6 Å². The van der Waals surface area contributed by atoms with Crippen LogP contribution >= 0.6 is 0 Å². The molecule has 8 nitrogen and oxygen atoms in total. The third-order valence-corrected chi connectivity index (χ3v) is 7.24. The minimum atomic E-state index is -3.32. The van der Waals surface area contributed by atoms with Gasteiger partial charge in [0.1, 0.15) is 11.5 Å². The number of hydrogen-bond donors (Lipinski definition) is 2. The Bertz CT molecular complexity index is 1340. The lowest BCUT2D eigenvalue weighted by Gasteiger charge is -2.36. The number of nitrogens with zero attached hydrogens (tertiary/aromatic N) is 2. The average Bonchev–Trinajstić information content (AvgIpc) is 2.91. The molecule has 4 rings (SSSR count). The number of anilines is 1. The van der Waals surface area contributed by atoms with Crippen molar-refractivity contribution >= 4 is 21.8 Å². The van der Waals surface area contributed by atoms with Crippen molar-refractivity contribution in [3.8, 4) is 11.5 Å². The minimum Gasteiger partial charge on any atom is -0.465 e. The summed E-state index contributed by atoms with van der Waals surface area (Å²) in [5, 5.41) is 9.77. The van der Waals surface area contributed by atoms with Crippen LogP contribution in [0.25, 0.3) is 0 Å². The molecule has 0 atom stereocenters. The zero-order valence-corrected chi connectivity index (χ0v) is 22.9. The van der Waals surface area contributed by atoms with E-state index >= 15 is 0 Å². The third-order valence-electron chi connectivity index (χ3n) is 6.63. The number of sulfonamides is 1. The molecule has 9 heteroatoms. The molecular formula is C30H35N3O5S. The van der Waals surface area contributed by atoms with Crippen LogP contribution in [0.5, 0.6) is 11.5 Å². The Morgan fingerprint density at radius 1 is 0.949 bits per heavy atom. The molecule has 0 spiro atoms. The first-order valence-corrected chi connectivity index (χ1v) is 14.9. The van der Waals surface area contributed by atoms with Crippen molar-refractivity contribution in [2.75, 3.05) is 30.6 Å². The van der Waals surface area contributed by atoms with Crippen LogP contribution < -0.4 is 9.46 Å². The maximum atomic E-state index is 11.9. The first-order valence-electron chi connectivity index (χ1n) is 13.0. The number of benzene rings is 3. The van der Waals surface area contributed by atoms with E-state index in [-0.39, 0.29) is 6.04 Å². The Morgan fingerprint density at radius 3 is 2.15 bits per heavy atom. The molecule has 3 aromatic carbocycles. The van der Waals surface area contributed by atoms with Gasteiger partial charge in [-0.15, -0.1) is 0 Å². The van der Waals surface area contributed by atoms with Crippen LogP contribution in [0.1, 0.15) is 24.0 Å². The van der Waals surface area contributed by atoms with Crippen molar-refractivity contribution in [1.29, 1.82) is 0 Å². The predicted octanol–water partition coefficient (Wildman–Crippen LogP) is 5.59. The summed E-state index contributed by atoms with van der Waals surface area (Å²) in [6.45, 7) is 2.89. The fourth-order valence-electron chi connectivity index (χ4n) is 4.66. The first kappa shape index (κ1) is 28.2. The van der Waals surface area contributed by atoms with Crippen molar-refractivity contribution in [3.05, 3.63) is 102 Å². The highest BCUT2D eigenvalue weighted by atomic mass is 32.2. The van der Waals surface area contributed by atoms with E-state index in [0.29, 0.717) is 23.7 Å². The highest BCUT2D eigenvalue weighted by Crippen LogP contribution is 2.25. The van der Waals surface area contributed by atoms with E-state index in [0.717, 1.165) is 50.7 Å². The van der Waals surface area contributed by atoms with Crippen LogP contribution in [0, 0.1) is 0 Å². The number of ether oxygens (including phenoxy) is 1. The summed E-state index contributed by atoms with van der Waals surface area (Å²) in [6.07, 6.45) is 6.66. The molecule has 0 aliphatic carbocycles. The lowest BCUT2D eigenvalue weighted by Crippen LogP contribution is -2.46. The van der Waals surface area contributed by atoms with Gasteiger partial charge in [0.15, 0.2) is 0 Å². The van der Waals surface area contributed by atoms with Crippen molar-refractivity contribution < 1.29 is 23.1 Å². The third kappa shape index (κ3) is 9.15. The molecule has 0 aromatic heterocycles. The molecule has 1 aliphatic heterocycles. The summed E-state index contributed by atoms with van der Waals surface area (Å²) in [4.78, 5) is 15.8. The van der Waals surface area contributed by atoms with Gasteiger partial charge in [-0.2, -0.15) is 0 Å². The molecule has 1 amide bonds. The van der Waals surface area contributed by atoms with Crippen LogP contribution in [0.15, 0.2) is 91.0 Å². The van der Waals surface area contributed by atoms with E-state index in [4.69, 9.17) is 4.74 Å². The molecule has 0 saturated carbocycles. The Balaban J connectivity index is 1.22. The van der Waals surface area contributed by atoms with Gasteiger partial charge in [0.05, 0.1) is 6.26 Å². The monoisotopic (exact) mass is 549 g/mol. The van der Waals surface area contributed by atoms with E-state index in [1.54, 1.807) is 29.2 Å². The molecule has 1 heterocycles. The summed E-state index contributed by atoms with van der Waals surface area (Å²) >= 11 is 0. The molecule has 0 unspecified atom stereocenters. The number of amides is 1. The van der Waals surface area contributed by atoms with Gasteiger partial charge in [-0.25, -0.2) is 13.2 Å². The number of allylic oxidation sites excluding steroid dienone is 1. The van der Waals surface area contributed by atoms with E-state index < -0.39 is 16.1 Å². The Morgan fingerprint density at radius 2 is 1.56 bits per heavy atom. The van der Waals surface area contributed by atoms with Gasteiger partial charge < -0.3 is 14.7 Å². The molecule has 2 N–H and O–H groups in total. The Labute approximate surface area is 230 Å². The van der Waals surface area contributed by atoms with Crippen molar-refractivity contribution in [2.24, 2.45) is 0 Å². The number of hydrogen-bond acceptors (Lipinski definition) is 5. The number of rotatable bonds is 11. The quantitative estimate of drug-likeness (QED) is 0.303. The van der Waals surface area contributed by atoms with E-state index in [2.05, 4.69) is 21.8 Å². The second kappa shape index (κ2) is 13.3. The van der Waals surface area contributed by atoms with Gasteiger partial charge in [-0.1, -0.05) is 54.6 Å². The first-order chi connectivity index (χ1) is 18.7. The largest absolute Gasteiger partial charge is 0.465 e. The molecular weight excluding hydrogens is 514 g/mol. The minimum absolute atomic E-state index is 0.0231. The van der Waals surface area contributed by atoms with E-state index in [1.165, 1.54) is 5.56 Å². The number of carbonyl (C=O) groups is 1. The fourth-order valence-corrected chi connectivity index (χ4v) is 5.22. The molecule has 3 aromatic rings. The van der Waals surface area contributed by atoms with Gasteiger partial charge >= 0.3 is 6.09 Å². The van der Waals surface area contributed by atoms with E-state index in [9.17, 15) is 18.3 Å². The number of nitrogens with one attached hydrogen (secondary N) is 1. The average molecular weight is 550 g/mol.